The molecular formula is C28H27NO7. The quantitative estimate of drug-likeness (QED) is 0.313. The van der Waals surface area contributed by atoms with Crippen molar-refractivity contribution >= 4 is 29.3 Å². The van der Waals surface area contributed by atoms with Crippen molar-refractivity contribution < 1.29 is 34.5 Å². The average Bonchev–Trinajstić information content (AvgIpc) is 2.80. The van der Waals surface area contributed by atoms with Crippen LogP contribution in [0.2, 0.25) is 0 Å². The summed E-state index contributed by atoms with van der Waals surface area (Å²) in [5.41, 5.74) is 1.33. The number of amides is 1. The summed E-state index contributed by atoms with van der Waals surface area (Å²) in [5, 5.41) is 31.9. The van der Waals surface area contributed by atoms with Crippen molar-refractivity contribution in [2.24, 2.45) is 5.92 Å². The van der Waals surface area contributed by atoms with E-state index in [1.165, 1.54) is 43.4 Å². The van der Waals surface area contributed by atoms with Gasteiger partial charge in [0.2, 0.25) is 5.91 Å². The summed E-state index contributed by atoms with van der Waals surface area (Å²) < 4.78 is 0. The zero-order chi connectivity index (χ0) is 26.2. The van der Waals surface area contributed by atoms with Crippen LogP contribution in [0.25, 0.3) is 6.08 Å². The van der Waals surface area contributed by atoms with Crippen LogP contribution in [0.5, 0.6) is 11.5 Å². The number of hydrogen-bond donors (Lipinski definition) is 4. The lowest BCUT2D eigenvalue weighted by atomic mass is 9.85. The molecule has 3 rings (SSSR count). The minimum Gasteiger partial charge on any atom is -0.508 e. The van der Waals surface area contributed by atoms with Crippen molar-refractivity contribution in [2.75, 3.05) is 0 Å². The van der Waals surface area contributed by atoms with Gasteiger partial charge in [-0.1, -0.05) is 42.5 Å². The van der Waals surface area contributed by atoms with Crippen molar-refractivity contribution in [3.8, 4) is 11.5 Å². The van der Waals surface area contributed by atoms with Gasteiger partial charge in [-0.3, -0.25) is 19.2 Å². The Morgan fingerprint density at radius 1 is 0.944 bits per heavy atom. The molecule has 0 fully saturated rings. The van der Waals surface area contributed by atoms with E-state index < -0.39 is 35.5 Å². The van der Waals surface area contributed by atoms with Crippen LogP contribution in [0.15, 0.2) is 78.4 Å². The number of nitrogens with one attached hydrogen (secondary N) is 1. The van der Waals surface area contributed by atoms with E-state index in [4.69, 9.17) is 0 Å². The third kappa shape index (κ3) is 7.35. The van der Waals surface area contributed by atoms with Crippen molar-refractivity contribution in [1.29, 1.82) is 0 Å². The summed E-state index contributed by atoms with van der Waals surface area (Å²) in [5.74, 6) is -3.68. The van der Waals surface area contributed by atoms with Gasteiger partial charge in [-0.25, -0.2) is 0 Å². The maximum Gasteiger partial charge on any atom is 0.217 e. The number of carbonyl (C=O) groups excluding carboxylic acids is 4. The second-order valence-electron chi connectivity index (χ2n) is 8.57. The maximum absolute atomic E-state index is 13.4. The highest BCUT2D eigenvalue weighted by molar-refractivity contribution is 6.13. The summed E-state index contributed by atoms with van der Waals surface area (Å²) in [6.45, 7) is 1.28. The summed E-state index contributed by atoms with van der Waals surface area (Å²) in [6.07, 6.45) is 5.79. The highest BCUT2D eigenvalue weighted by atomic mass is 16.3. The van der Waals surface area contributed by atoms with Crippen LogP contribution in [0.4, 0.5) is 0 Å². The molecule has 0 heterocycles. The third-order valence-electron chi connectivity index (χ3n) is 5.54. The van der Waals surface area contributed by atoms with Gasteiger partial charge in [-0.15, -0.1) is 0 Å². The molecule has 36 heavy (non-hydrogen) atoms. The fourth-order valence-corrected chi connectivity index (χ4v) is 4.01. The first-order valence-electron chi connectivity index (χ1n) is 11.3. The van der Waals surface area contributed by atoms with Crippen LogP contribution in [0.3, 0.4) is 0 Å². The average molecular weight is 490 g/mol. The van der Waals surface area contributed by atoms with Gasteiger partial charge in [0.1, 0.15) is 17.4 Å². The number of phenols is 2. The van der Waals surface area contributed by atoms with Crippen molar-refractivity contribution in [3.05, 3.63) is 89.5 Å². The Hall–Kier alpha value is -4.30. The van der Waals surface area contributed by atoms with E-state index in [1.54, 1.807) is 30.3 Å². The van der Waals surface area contributed by atoms with Crippen molar-refractivity contribution in [3.63, 3.8) is 0 Å². The van der Waals surface area contributed by atoms with E-state index in [-0.39, 0.29) is 30.1 Å². The first-order valence-corrected chi connectivity index (χ1v) is 11.3. The zero-order valence-corrected chi connectivity index (χ0v) is 19.6. The number of aliphatic hydroxyl groups excluding tert-OH is 1. The molecule has 0 bridgehead atoms. The molecule has 3 atom stereocenters. The van der Waals surface area contributed by atoms with Gasteiger partial charge in [-0.05, 0) is 53.5 Å². The molecule has 1 aliphatic carbocycles. The van der Waals surface area contributed by atoms with Gasteiger partial charge >= 0.3 is 0 Å². The molecule has 2 aromatic carbocycles. The fourth-order valence-electron chi connectivity index (χ4n) is 4.01. The smallest absolute Gasteiger partial charge is 0.217 e. The Morgan fingerprint density at radius 3 is 2.14 bits per heavy atom. The van der Waals surface area contributed by atoms with E-state index in [9.17, 15) is 34.5 Å². The highest BCUT2D eigenvalue weighted by Gasteiger charge is 2.34. The molecule has 0 aromatic heterocycles. The summed E-state index contributed by atoms with van der Waals surface area (Å²) in [6, 6.07) is 11.4. The number of rotatable bonds is 9. The van der Waals surface area contributed by atoms with E-state index in [2.05, 4.69) is 5.32 Å². The molecule has 1 amide bonds. The summed E-state index contributed by atoms with van der Waals surface area (Å²) in [4.78, 5) is 50.5. The molecule has 1 aliphatic rings. The summed E-state index contributed by atoms with van der Waals surface area (Å²) in [7, 11) is 0. The maximum atomic E-state index is 13.4. The first kappa shape index (κ1) is 26.3. The first-order chi connectivity index (χ1) is 17.1. The lowest BCUT2D eigenvalue weighted by Crippen LogP contribution is -2.39. The number of phenolic OH excluding ortho intramolecular Hbond substituents is 2. The van der Waals surface area contributed by atoms with Crippen LogP contribution in [0.1, 0.15) is 36.9 Å². The molecule has 0 spiro atoms. The van der Waals surface area contributed by atoms with Gasteiger partial charge in [0, 0.05) is 19.4 Å². The van der Waals surface area contributed by atoms with Crippen LogP contribution in [0, 0.1) is 5.92 Å². The minimum absolute atomic E-state index is 0.0143. The molecule has 0 saturated carbocycles. The second-order valence-corrected chi connectivity index (χ2v) is 8.57. The minimum atomic E-state index is -1.35. The van der Waals surface area contributed by atoms with Crippen molar-refractivity contribution in [2.45, 2.75) is 31.9 Å². The van der Waals surface area contributed by atoms with Crippen LogP contribution >= 0.6 is 0 Å². The molecule has 2 aromatic rings. The Labute approximate surface area is 208 Å². The molecule has 0 aliphatic heterocycles. The van der Waals surface area contributed by atoms with Crippen LogP contribution < -0.4 is 5.32 Å². The Morgan fingerprint density at radius 2 is 1.56 bits per heavy atom. The number of benzene rings is 2. The van der Waals surface area contributed by atoms with Gasteiger partial charge in [0.25, 0.3) is 0 Å². The van der Waals surface area contributed by atoms with Crippen molar-refractivity contribution in [1.82, 2.24) is 5.32 Å². The number of carbonyl (C=O) groups is 4. The fraction of sp³-hybridized carbons (Fsp3) is 0.214. The zero-order valence-electron chi connectivity index (χ0n) is 19.6. The number of aromatic hydroxyl groups is 2. The molecule has 4 N–H and O–H groups in total. The monoisotopic (exact) mass is 489 g/mol. The standard InChI is InChI=1S/C28H27NO7/c1-17(30)29-28(20-5-3-2-4-6-20)27(25(35)9-7-18-11-21(31)15-22(32)12-18)26(36)10-8-19-13-23(33)16-24(34)14-19/h2-13,15,24,27-28,31-32,34H,14,16H2,1H3,(H,29,30)/b9-7+,10-8+. The molecule has 186 valence electrons. The Bertz CT molecular complexity index is 1220. The molecule has 3 unspecified atom stereocenters. The van der Waals surface area contributed by atoms with Gasteiger partial charge in [0.15, 0.2) is 17.3 Å². The molecule has 0 radical (unpaired) electrons. The second kappa shape index (κ2) is 11.9. The Balaban J connectivity index is 1.98. The van der Waals surface area contributed by atoms with E-state index in [0.29, 0.717) is 16.7 Å². The Kier molecular flexibility index (Phi) is 8.70. The highest BCUT2D eigenvalue weighted by Crippen LogP contribution is 2.27. The lowest BCUT2D eigenvalue weighted by molar-refractivity contribution is -0.129. The van der Waals surface area contributed by atoms with E-state index in [0.717, 1.165) is 12.1 Å². The number of allylic oxidation sites excluding steroid dienone is 4. The van der Waals surface area contributed by atoms with Crippen LogP contribution in [-0.4, -0.2) is 44.7 Å². The molecule has 8 heteroatoms. The van der Waals surface area contributed by atoms with E-state index >= 15 is 0 Å². The largest absolute Gasteiger partial charge is 0.508 e. The number of ketones is 3. The molecular weight excluding hydrogens is 462 g/mol. The summed E-state index contributed by atoms with van der Waals surface area (Å²) >= 11 is 0. The van der Waals surface area contributed by atoms with Gasteiger partial charge < -0.3 is 20.6 Å². The molecule has 8 nitrogen and oxygen atoms in total. The number of hydrogen-bond acceptors (Lipinski definition) is 7. The SMILES string of the molecule is CC(=O)NC(c1ccccc1)C(C(=O)/C=C/C1=CC(=O)CC(O)C1)C(=O)/C=C/c1cc(O)cc(O)c1. The van der Waals surface area contributed by atoms with Crippen LogP contribution in [-0.2, 0) is 19.2 Å². The molecule has 0 saturated heterocycles. The van der Waals surface area contributed by atoms with E-state index in [1.807, 2.05) is 0 Å². The predicted octanol–water partition coefficient (Wildman–Crippen LogP) is 2.95. The lowest BCUT2D eigenvalue weighted by Gasteiger charge is -2.25. The predicted molar refractivity (Wildman–Crippen MR) is 133 cm³/mol. The topological polar surface area (TPSA) is 141 Å². The number of aliphatic hydroxyl groups is 1. The normalized spacial score (nSPS) is 17.6. The third-order valence-corrected chi connectivity index (χ3v) is 5.54. The van der Waals surface area contributed by atoms with Gasteiger partial charge in [0.05, 0.1) is 12.1 Å². The van der Waals surface area contributed by atoms with Gasteiger partial charge in [-0.2, -0.15) is 0 Å².